The Morgan fingerprint density at radius 1 is 1.44 bits per heavy atom. The highest BCUT2D eigenvalue weighted by molar-refractivity contribution is 5.35. The maximum atomic E-state index is 13.2. The van der Waals surface area contributed by atoms with Crippen LogP contribution in [0, 0.1) is 12.7 Å². The molecular formula is C12H14FN5. The van der Waals surface area contributed by atoms with Gasteiger partial charge >= 0.3 is 0 Å². The summed E-state index contributed by atoms with van der Waals surface area (Å²) in [5.74, 6) is 0.525. The minimum atomic E-state index is -0.218. The van der Waals surface area contributed by atoms with Crippen molar-refractivity contribution in [3.8, 4) is 5.69 Å². The lowest BCUT2D eigenvalue weighted by Crippen LogP contribution is -2.18. The molecule has 0 unspecified atom stereocenters. The molecule has 1 aliphatic rings. The van der Waals surface area contributed by atoms with Crippen LogP contribution in [0.2, 0.25) is 0 Å². The number of nitrogens with zero attached hydrogens (tertiary/aromatic N) is 4. The van der Waals surface area contributed by atoms with Crippen LogP contribution in [-0.2, 0) is 6.54 Å². The smallest absolute Gasteiger partial charge is 0.170 e. The molecule has 3 rings (SSSR count). The van der Waals surface area contributed by atoms with Gasteiger partial charge in [0, 0.05) is 6.04 Å². The second-order valence-corrected chi connectivity index (χ2v) is 4.60. The Bertz CT molecular complexity index is 561. The first-order valence-electron chi connectivity index (χ1n) is 6.01. The van der Waals surface area contributed by atoms with Crippen LogP contribution >= 0.6 is 0 Å². The Morgan fingerprint density at radius 2 is 2.28 bits per heavy atom. The third-order valence-electron chi connectivity index (χ3n) is 3.05. The molecule has 0 bridgehead atoms. The fourth-order valence-electron chi connectivity index (χ4n) is 1.80. The molecule has 5 nitrogen and oxygen atoms in total. The zero-order chi connectivity index (χ0) is 12.5. The average molecular weight is 247 g/mol. The number of rotatable bonds is 4. The van der Waals surface area contributed by atoms with Crippen molar-refractivity contribution in [2.75, 3.05) is 0 Å². The number of aromatic nitrogens is 4. The van der Waals surface area contributed by atoms with Gasteiger partial charge in [-0.15, -0.1) is 5.10 Å². The zero-order valence-corrected chi connectivity index (χ0v) is 10.1. The summed E-state index contributed by atoms with van der Waals surface area (Å²) >= 11 is 0. The summed E-state index contributed by atoms with van der Waals surface area (Å²) in [5.41, 5.74) is 1.37. The van der Waals surface area contributed by atoms with Crippen LogP contribution in [0.25, 0.3) is 5.69 Å². The Morgan fingerprint density at radius 3 is 3.00 bits per heavy atom. The summed E-state index contributed by atoms with van der Waals surface area (Å²) in [6.07, 6.45) is 2.44. The molecule has 1 aromatic carbocycles. The molecule has 1 N–H and O–H groups in total. The van der Waals surface area contributed by atoms with Gasteiger partial charge in [-0.2, -0.15) is 4.68 Å². The van der Waals surface area contributed by atoms with E-state index in [-0.39, 0.29) is 5.82 Å². The summed E-state index contributed by atoms with van der Waals surface area (Å²) in [6.45, 7) is 2.36. The summed E-state index contributed by atoms with van der Waals surface area (Å²) in [6, 6.07) is 5.46. The molecule has 0 radical (unpaired) electrons. The predicted octanol–water partition coefficient (Wildman–Crippen LogP) is 1.36. The van der Waals surface area contributed by atoms with E-state index in [1.807, 2.05) is 0 Å². The molecule has 0 spiro atoms. The molecule has 0 atom stereocenters. The highest BCUT2D eigenvalue weighted by atomic mass is 19.1. The first-order chi connectivity index (χ1) is 8.74. The molecule has 1 saturated carbocycles. The summed E-state index contributed by atoms with van der Waals surface area (Å²) in [4.78, 5) is 0. The first kappa shape index (κ1) is 11.3. The molecule has 1 aromatic heterocycles. The Hall–Kier alpha value is -1.82. The largest absolute Gasteiger partial charge is 0.307 e. The maximum Gasteiger partial charge on any atom is 0.170 e. The second-order valence-electron chi connectivity index (χ2n) is 4.60. The lowest BCUT2D eigenvalue weighted by atomic mass is 10.2. The number of hydrogen-bond donors (Lipinski definition) is 1. The van der Waals surface area contributed by atoms with Crippen molar-refractivity contribution in [2.45, 2.75) is 32.4 Å². The van der Waals surface area contributed by atoms with Crippen molar-refractivity contribution < 1.29 is 4.39 Å². The van der Waals surface area contributed by atoms with Crippen molar-refractivity contribution in [1.29, 1.82) is 0 Å². The molecule has 0 amide bonds. The van der Waals surface area contributed by atoms with Crippen LogP contribution in [0.3, 0.4) is 0 Å². The van der Waals surface area contributed by atoms with E-state index in [2.05, 4.69) is 20.8 Å². The molecule has 0 aliphatic heterocycles. The molecule has 1 aliphatic carbocycles. The van der Waals surface area contributed by atoms with Gasteiger partial charge in [-0.3, -0.25) is 0 Å². The number of hydrogen-bond acceptors (Lipinski definition) is 4. The monoisotopic (exact) mass is 247 g/mol. The van der Waals surface area contributed by atoms with Crippen LogP contribution in [0.5, 0.6) is 0 Å². The van der Waals surface area contributed by atoms with Gasteiger partial charge in [-0.25, -0.2) is 4.39 Å². The zero-order valence-electron chi connectivity index (χ0n) is 10.1. The molecule has 2 aromatic rings. The fraction of sp³-hybridized carbons (Fsp3) is 0.417. The first-order valence-corrected chi connectivity index (χ1v) is 6.01. The van der Waals surface area contributed by atoms with Crippen LogP contribution in [0.4, 0.5) is 4.39 Å². The SMILES string of the molecule is Cc1cc(-n2nnnc2CNC2CC2)ccc1F. The van der Waals surface area contributed by atoms with E-state index in [1.54, 1.807) is 23.7 Å². The average Bonchev–Trinajstić information content (AvgIpc) is 3.08. The van der Waals surface area contributed by atoms with Gasteiger partial charge in [0.25, 0.3) is 0 Å². The van der Waals surface area contributed by atoms with E-state index >= 15 is 0 Å². The molecule has 0 saturated heterocycles. The number of benzene rings is 1. The van der Waals surface area contributed by atoms with Gasteiger partial charge in [0.05, 0.1) is 12.2 Å². The minimum Gasteiger partial charge on any atom is -0.307 e. The third-order valence-corrected chi connectivity index (χ3v) is 3.05. The van der Waals surface area contributed by atoms with Crippen molar-refractivity contribution in [2.24, 2.45) is 0 Å². The Balaban J connectivity index is 1.85. The van der Waals surface area contributed by atoms with Crippen molar-refractivity contribution in [1.82, 2.24) is 25.5 Å². The predicted molar refractivity (Wildman–Crippen MR) is 63.7 cm³/mol. The summed E-state index contributed by atoms with van der Waals surface area (Å²) in [7, 11) is 0. The van der Waals surface area contributed by atoms with E-state index in [9.17, 15) is 4.39 Å². The van der Waals surface area contributed by atoms with Gasteiger partial charge in [0.15, 0.2) is 5.82 Å². The fourth-order valence-corrected chi connectivity index (χ4v) is 1.80. The normalized spacial score (nSPS) is 15.0. The second kappa shape index (κ2) is 4.45. The van der Waals surface area contributed by atoms with Gasteiger partial charge in [-0.1, -0.05) is 0 Å². The minimum absolute atomic E-state index is 0.218. The maximum absolute atomic E-state index is 13.2. The topological polar surface area (TPSA) is 55.6 Å². The van der Waals surface area contributed by atoms with Crippen LogP contribution in [-0.4, -0.2) is 26.2 Å². The van der Waals surface area contributed by atoms with E-state index in [1.165, 1.54) is 18.9 Å². The van der Waals surface area contributed by atoms with E-state index in [0.29, 0.717) is 18.2 Å². The molecular weight excluding hydrogens is 233 g/mol. The molecule has 18 heavy (non-hydrogen) atoms. The quantitative estimate of drug-likeness (QED) is 0.886. The van der Waals surface area contributed by atoms with Crippen molar-refractivity contribution in [3.63, 3.8) is 0 Å². The molecule has 1 heterocycles. The van der Waals surface area contributed by atoms with E-state index < -0.39 is 0 Å². The van der Waals surface area contributed by atoms with Crippen LogP contribution in [0.1, 0.15) is 24.2 Å². The van der Waals surface area contributed by atoms with E-state index in [4.69, 9.17) is 0 Å². The Labute approximate surface area is 104 Å². The van der Waals surface area contributed by atoms with Gasteiger partial charge in [-0.05, 0) is 54.0 Å². The van der Waals surface area contributed by atoms with Crippen molar-refractivity contribution in [3.05, 3.63) is 35.4 Å². The summed E-state index contributed by atoms with van der Waals surface area (Å²) < 4.78 is 14.9. The molecule has 94 valence electrons. The van der Waals surface area contributed by atoms with Gasteiger partial charge < -0.3 is 5.32 Å². The lowest BCUT2D eigenvalue weighted by Gasteiger charge is -2.06. The lowest BCUT2D eigenvalue weighted by molar-refractivity contribution is 0.614. The Kier molecular flexibility index (Phi) is 2.79. The number of tetrazole rings is 1. The van der Waals surface area contributed by atoms with Crippen molar-refractivity contribution >= 4 is 0 Å². The number of aryl methyl sites for hydroxylation is 1. The summed E-state index contributed by atoms with van der Waals surface area (Å²) in [5, 5.41) is 15.0. The van der Waals surface area contributed by atoms with Gasteiger partial charge in [0.2, 0.25) is 0 Å². The standard InChI is InChI=1S/C12H14FN5/c1-8-6-10(4-5-11(8)13)18-12(15-16-17-18)7-14-9-2-3-9/h4-6,9,14H,2-3,7H2,1H3. The van der Waals surface area contributed by atoms with E-state index in [0.717, 1.165) is 11.5 Å². The highest BCUT2D eigenvalue weighted by Crippen LogP contribution is 2.19. The highest BCUT2D eigenvalue weighted by Gasteiger charge is 2.21. The third kappa shape index (κ3) is 2.24. The molecule has 6 heteroatoms. The van der Waals surface area contributed by atoms with Crippen LogP contribution < -0.4 is 5.32 Å². The van der Waals surface area contributed by atoms with Crippen LogP contribution in [0.15, 0.2) is 18.2 Å². The number of nitrogens with one attached hydrogen (secondary N) is 1. The van der Waals surface area contributed by atoms with Gasteiger partial charge in [0.1, 0.15) is 5.82 Å². The number of halogens is 1. The molecule has 1 fully saturated rings.